The molecule has 0 aliphatic carbocycles. The highest BCUT2D eigenvalue weighted by atomic mass is 14.9. The van der Waals surface area contributed by atoms with E-state index in [0.717, 1.165) is 6.54 Å². The second-order valence-corrected chi connectivity index (χ2v) is 3.71. The van der Waals surface area contributed by atoms with Crippen molar-refractivity contribution in [1.82, 2.24) is 0 Å². The summed E-state index contributed by atoms with van der Waals surface area (Å²) in [6.07, 6.45) is 8.47. The number of benzene rings is 1. The van der Waals surface area contributed by atoms with Crippen LogP contribution in [0.4, 0.5) is 0 Å². The lowest BCUT2D eigenvalue weighted by Crippen LogP contribution is -2.30. The third-order valence-electron chi connectivity index (χ3n) is 2.55. The van der Waals surface area contributed by atoms with E-state index in [2.05, 4.69) is 72.4 Å². The molecule has 2 aromatic rings. The van der Waals surface area contributed by atoms with Gasteiger partial charge in [-0.25, -0.2) is 4.57 Å². The minimum absolute atomic E-state index is 1.02. The maximum absolute atomic E-state index is 2.15. The van der Waals surface area contributed by atoms with Crippen molar-refractivity contribution < 1.29 is 4.57 Å². The molecular weight excluding hydrogens is 194 g/mol. The van der Waals surface area contributed by atoms with Gasteiger partial charge in [0.15, 0.2) is 12.4 Å². The zero-order chi connectivity index (χ0) is 11.2. The zero-order valence-electron chi connectivity index (χ0n) is 9.51. The lowest BCUT2D eigenvalue weighted by atomic mass is 10.1. The lowest BCUT2D eigenvalue weighted by molar-refractivity contribution is -0.693. The first-order chi connectivity index (χ1) is 7.88. The van der Waals surface area contributed by atoms with Crippen LogP contribution in [-0.2, 0) is 6.54 Å². The molecular formula is C15H16N+. The Bertz CT molecular complexity index is 455. The predicted molar refractivity (Wildman–Crippen MR) is 67.7 cm³/mol. The van der Waals surface area contributed by atoms with Crippen molar-refractivity contribution in [2.24, 2.45) is 0 Å². The van der Waals surface area contributed by atoms with Crippen LogP contribution in [-0.4, -0.2) is 0 Å². The average molecular weight is 210 g/mol. The lowest BCUT2D eigenvalue weighted by Gasteiger charge is -1.94. The predicted octanol–water partition coefficient (Wildman–Crippen LogP) is 3.16. The summed E-state index contributed by atoms with van der Waals surface area (Å²) in [7, 11) is 0. The average Bonchev–Trinajstić information content (AvgIpc) is 2.38. The van der Waals surface area contributed by atoms with E-state index in [-0.39, 0.29) is 0 Å². The van der Waals surface area contributed by atoms with Crippen LogP contribution >= 0.6 is 0 Å². The van der Waals surface area contributed by atoms with Crippen molar-refractivity contribution >= 4 is 12.2 Å². The van der Waals surface area contributed by atoms with Crippen LogP contribution in [0.2, 0.25) is 0 Å². The third kappa shape index (κ3) is 2.80. The van der Waals surface area contributed by atoms with Gasteiger partial charge in [-0.05, 0) is 18.1 Å². The molecule has 0 radical (unpaired) electrons. The highest BCUT2D eigenvalue weighted by molar-refractivity contribution is 5.68. The molecule has 0 saturated heterocycles. The molecule has 0 spiro atoms. The standard InChI is InChI=1S/C15H16N/c1-2-16-12-10-15(11-13-16)9-8-14-6-4-3-5-7-14/h3-13H,2H2,1H3/q+1/b9-8-. The number of hydrogen-bond acceptors (Lipinski definition) is 0. The first-order valence-corrected chi connectivity index (χ1v) is 5.61. The molecule has 16 heavy (non-hydrogen) atoms. The summed E-state index contributed by atoms with van der Waals surface area (Å²) in [5.41, 5.74) is 2.46. The molecule has 1 nitrogen and oxygen atoms in total. The van der Waals surface area contributed by atoms with Crippen LogP contribution in [0, 0.1) is 0 Å². The molecule has 0 aliphatic rings. The molecule has 1 heterocycles. The summed E-state index contributed by atoms with van der Waals surface area (Å²) in [4.78, 5) is 0. The monoisotopic (exact) mass is 210 g/mol. The molecule has 80 valence electrons. The molecule has 0 atom stereocenters. The Hall–Kier alpha value is -1.89. The fourth-order valence-electron chi connectivity index (χ4n) is 1.55. The SMILES string of the molecule is CC[n+]1ccc(/C=C\c2ccccc2)cc1. The van der Waals surface area contributed by atoms with E-state index in [4.69, 9.17) is 0 Å². The fraction of sp³-hybridized carbons (Fsp3) is 0.133. The van der Waals surface area contributed by atoms with Gasteiger partial charge in [-0.3, -0.25) is 0 Å². The molecule has 2 rings (SSSR count). The number of aryl methyl sites for hydroxylation is 1. The van der Waals surface area contributed by atoms with Crippen LogP contribution in [0.3, 0.4) is 0 Å². The van der Waals surface area contributed by atoms with Gasteiger partial charge in [-0.2, -0.15) is 0 Å². The molecule has 1 heteroatoms. The number of nitrogens with zero attached hydrogens (tertiary/aromatic N) is 1. The van der Waals surface area contributed by atoms with Gasteiger partial charge in [0.1, 0.15) is 6.54 Å². The Morgan fingerprint density at radius 3 is 2.00 bits per heavy atom. The van der Waals surface area contributed by atoms with Crippen LogP contribution in [0.15, 0.2) is 54.9 Å². The van der Waals surface area contributed by atoms with Gasteiger partial charge in [0.25, 0.3) is 0 Å². The minimum Gasteiger partial charge on any atom is -0.205 e. The van der Waals surface area contributed by atoms with Crippen molar-refractivity contribution in [3.63, 3.8) is 0 Å². The third-order valence-corrected chi connectivity index (χ3v) is 2.55. The quantitative estimate of drug-likeness (QED) is 0.685. The van der Waals surface area contributed by atoms with Gasteiger partial charge in [0.2, 0.25) is 0 Å². The topological polar surface area (TPSA) is 3.88 Å². The Labute approximate surface area is 96.7 Å². The summed E-state index contributed by atoms with van der Waals surface area (Å²) in [6.45, 7) is 3.15. The molecule has 0 N–H and O–H groups in total. The summed E-state index contributed by atoms with van der Waals surface area (Å²) in [5, 5.41) is 0. The van der Waals surface area contributed by atoms with E-state index in [1.165, 1.54) is 11.1 Å². The number of aromatic nitrogens is 1. The maximum atomic E-state index is 2.15. The Kier molecular flexibility index (Phi) is 3.50. The molecule has 0 saturated carbocycles. The van der Waals surface area contributed by atoms with Gasteiger partial charge in [-0.1, -0.05) is 42.5 Å². The largest absolute Gasteiger partial charge is 0.205 e. The van der Waals surface area contributed by atoms with E-state index in [0.29, 0.717) is 0 Å². The van der Waals surface area contributed by atoms with Crippen LogP contribution < -0.4 is 4.57 Å². The second-order valence-electron chi connectivity index (χ2n) is 3.71. The summed E-state index contributed by atoms with van der Waals surface area (Å²) >= 11 is 0. The molecule has 1 aromatic carbocycles. The minimum atomic E-state index is 1.02. The van der Waals surface area contributed by atoms with Crippen LogP contribution in [0.5, 0.6) is 0 Å². The van der Waals surface area contributed by atoms with Crippen molar-refractivity contribution in [2.75, 3.05) is 0 Å². The second kappa shape index (κ2) is 5.26. The molecule has 0 amide bonds. The summed E-state index contributed by atoms with van der Waals surface area (Å²) in [5.74, 6) is 0. The van der Waals surface area contributed by atoms with Crippen molar-refractivity contribution in [3.05, 3.63) is 66.0 Å². The first-order valence-electron chi connectivity index (χ1n) is 5.61. The van der Waals surface area contributed by atoms with Gasteiger partial charge < -0.3 is 0 Å². The van der Waals surface area contributed by atoms with Crippen molar-refractivity contribution in [3.8, 4) is 0 Å². The first kappa shape index (κ1) is 10.6. The molecule has 0 fully saturated rings. The summed E-state index contributed by atoms with van der Waals surface area (Å²) < 4.78 is 2.15. The Morgan fingerprint density at radius 1 is 0.875 bits per heavy atom. The highest BCUT2D eigenvalue weighted by Crippen LogP contribution is 2.06. The normalized spacial score (nSPS) is 10.8. The molecule has 1 aromatic heterocycles. The fourth-order valence-corrected chi connectivity index (χ4v) is 1.55. The molecule has 0 bridgehead atoms. The van der Waals surface area contributed by atoms with Gasteiger partial charge >= 0.3 is 0 Å². The maximum Gasteiger partial charge on any atom is 0.169 e. The Morgan fingerprint density at radius 2 is 1.44 bits per heavy atom. The number of rotatable bonds is 3. The Balaban J connectivity index is 2.12. The van der Waals surface area contributed by atoms with E-state index in [1.807, 2.05) is 6.07 Å². The van der Waals surface area contributed by atoms with E-state index < -0.39 is 0 Å². The number of pyridine rings is 1. The van der Waals surface area contributed by atoms with E-state index in [9.17, 15) is 0 Å². The van der Waals surface area contributed by atoms with Crippen LogP contribution in [0.1, 0.15) is 18.1 Å². The molecule has 0 unspecified atom stereocenters. The smallest absolute Gasteiger partial charge is 0.169 e. The van der Waals surface area contributed by atoms with E-state index >= 15 is 0 Å². The number of hydrogen-bond donors (Lipinski definition) is 0. The van der Waals surface area contributed by atoms with Gasteiger partial charge in [0.05, 0.1) is 0 Å². The van der Waals surface area contributed by atoms with Crippen molar-refractivity contribution in [2.45, 2.75) is 13.5 Å². The molecule has 0 aliphatic heterocycles. The van der Waals surface area contributed by atoms with Crippen molar-refractivity contribution in [1.29, 1.82) is 0 Å². The zero-order valence-corrected chi connectivity index (χ0v) is 9.51. The van der Waals surface area contributed by atoms with Gasteiger partial charge in [0, 0.05) is 12.1 Å². The van der Waals surface area contributed by atoms with Gasteiger partial charge in [-0.15, -0.1) is 0 Å². The summed E-state index contributed by atoms with van der Waals surface area (Å²) in [6, 6.07) is 14.6. The highest BCUT2D eigenvalue weighted by Gasteiger charge is 1.94. The van der Waals surface area contributed by atoms with Crippen LogP contribution in [0.25, 0.3) is 12.2 Å². The van der Waals surface area contributed by atoms with E-state index in [1.54, 1.807) is 0 Å².